The molecule has 2 aromatic carbocycles. The highest BCUT2D eigenvalue weighted by Crippen LogP contribution is 2.47. The number of hydrogen-bond acceptors (Lipinski definition) is 4. The van der Waals surface area contributed by atoms with Crippen LogP contribution in [0.5, 0.6) is 5.88 Å². The number of allylic oxidation sites excluding steroid dienone is 1. The fourth-order valence-corrected chi connectivity index (χ4v) is 4.35. The molecule has 5 nitrogen and oxygen atoms in total. The third kappa shape index (κ3) is 3.15. The molecule has 2 heterocycles. The molecule has 29 heavy (non-hydrogen) atoms. The van der Waals surface area contributed by atoms with E-state index >= 15 is 0 Å². The average Bonchev–Trinajstić information content (AvgIpc) is 3.06. The molecule has 0 fully saturated rings. The van der Waals surface area contributed by atoms with Crippen LogP contribution in [0, 0.1) is 32.1 Å². The van der Waals surface area contributed by atoms with Crippen molar-refractivity contribution in [2.24, 2.45) is 5.73 Å². The lowest BCUT2D eigenvalue weighted by atomic mass is 9.79. The van der Waals surface area contributed by atoms with E-state index < -0.39 is 5.92 Å². The first-order valence-corrected chi connectivity index (χ1v) is 9.76. The van der Waals surface area contributed by atoms with Gasteiger partial charge in [-0.15, -0.1) is 5.10 Å². The first-order chi connectivity index (χ1) is 13.8. The maximum absolute atomic E-state index is 9.90. The van der Waals surface area contributed by atoms with Crippen LogP contribution in [0.2, 0.25) is 10.0 Å². The van der Waals surface area contributed by atoms with E-state index in [-0.39, 0.29) is 5.88 Å². The van der Waals surface area contributed by atoms with Gasteiger partial charge in [0.2, 0.25) is 11.8 Å². The van der Waals surface area contributed by atoms with Crippen LogP contribution in [0.1, 0.15) is 33.7 Å². The Morgan fingerprint density at radius 1 is 1.07 bits per heavy atom. The van der Waals surface area contributed by atoms with Crippen LogP contribution in [0.3, 0.4) is 0 Å². The molecule has 1 aliphatic rings. The average molecular weight is 425 g/mol. The van der Waals surface area contributed by atoms with E-state index in [1.54, 1.807) is 12.1 Å². The number of aryl methyl sites for hydroxylation is 3. The summed E-state index contributed by atoms with van der Waals surface area (Å²) in [7, 11) is 0. The van der Waals surface area contributed by atoms with E-state index in [2.05, 4.69) is 28.4 Å². The van der Waals surface area contributed by atoms with Gasteiger partial charge < -0.3 is 10.5 Å². The number of halogens is 2. The number of H-pyrrole nitrogens is 1. The SMILES string of the molecule is Cc1cc(C)c(C2C(C#N)=C(N)Oc3n[nH]c(-c4ccc(Cl)c(Cl)c4)c32)c(C)c1. The highest BCUT2D eigenvalue weighted by molar-refractivity contribution is 6.42. The van der Waals surface area contributed by atoms with Crippen LogP contribution in [0.4, 0.5) is 0 Å². The van der Waals surface area contributed by atoms with Crippen LogP contribution in [0.15, 0.2) is 41.8 Å². The van der Waals surface area contributed by atoms with Crippen molar-refractivity contribution < 1.29 is 4.74 Å². The molecule has 3 aromatic rings. The zero-order valence-corrected chi connectivity index (χ0v) is 17.6. The first-order valence-electron chi connectivity index (χ1n) is 9.00. The topological polar surface area (TPSA) is 87.7 Å². The van der Waals surface area contributed by atoms with Crippen LogP contribution in [-0.2, 0) is 0 Å². The molecule has 0 amide bonds. The predicted molar refractivity (Wildman–Crippen MR) is 114 cm³/mol. The van der Waals surface area contributed by atoms with E-state index in [0.717, 1.165) is 33.4 Å². The van der Waals surface area contributed by atoms with Crippen LogP contribution in [-0.4, -0.2) is 10.2 Å². The first kappa shape index (κ1) is 19.4. The molecule has 1 unspecified atom stereocenters. The van der Waals surface area contributed by atoms with Crippen molar-refractivity contribution in [3.05, 3.63) is 79.7 Å². The Labute approximate surface area is 178 Å². The second-order valence-corrected chi connectivity index (χ2v) is 8.00. The maximum Gasteiger partial charge on any atom is 0.244 e. The van der Waals surface area contributed by atoms with Gasteiger partial charge in [-0.1, -0.05) is 47.0 Å². The molecular weight excluding hydrogens is 407 g/mol. The van der Waals surface area contributed by atoms with Crippen LogP contribution < -0.4 is 10.5 Å². The van der Waals surface area contributed by atoms with Gasteiger partial charge in [0, 0.05) is 5.56 Å². The molecular formula is C22H18Cl2N4O. The summed E-state index contributed by atoms with van der Waals surface area (Å²) in [5, 5.41) is 18.1. The summed E-state index contributed by atoms with van der Waals surface area (Å²) in [5.41, 5.74) is 13.0. The predicted octanol–water partition coefficient (Wildman–Crippen LogP) is 5.53. The Morgan fingerprint density at radius 3 is 2.38 bits per heavy atom. The summed E-state index contributed by atoms with van der Waals surface area (Å²) < 4.78 is 5.68. The number of aromatic nitrogens is 2. The van der Waals surface area contributed by atoms with E-state index in [0.29, 0.717) is 27.2 Å². The van der Waals surface area contributed by atoms with Gasteiger partial charge in [-0.25, -0.2) is 0 Å². The monoisotopic (exact) mass is 424 g/mol. The van der Waals surface area contributed by atoms with E-state index in [1.165, 1.54) is 0 Å². The lowest BCUT2D eigenvalue weighted by molar-refractivity contribution is 0.379. The van der Waals surface area contributed by atoms with Gasteiger partial charge in [-0.2, -0.15) is 5.26 Å². The number of benzene rings is 2. The molecule has 1 atom stereocenters. The lowest BCUT2D eigenvalue weighted by Gasteiger charge is -2.27. The minimum absolute atomic E-state index is 0.0663. The van der Waals surface area contributed by atoms with Gasteiger partial charge in [0.25, 0.3) is 0 Å². The van der Waals surface area contributed by atoms with Gasteiger partial charge in [0.15, 0.2) is 0 Å². The molecule has 0 radical (unpaired) electrons. The molecule has 4 rings (SSSR count). The molecule has 146 valence electrons. The second kappa shape index (κ2) is 7.14. The number of aromatic amines is 1. The number of nitrogens with one attached hydrogen (secondary N) is 1. The van der Waals surface area contributed by atoms with E-state index in [4.69, 9.17) is 33.7 Å². The Kier molecular flexibility index (Phi) is 4.77. The molecule has 0 aliphatic carbocycles. The van der Waals surface area contributed by atoms with Gasteiger partial charge in [0.05, 0.1) is 27.2 Å². The minimum atomic E-state index is -0.410. The minimum Gasteiger partial charge on any atom is -0.420 e. The third-order valence-electron chi connectivity index (χ3n) is 5.17. The van der Waals surface area contributed by atoms with E-state index in [9.17, 15) is 5.26 Å². The number of nitriles is 1. The van der Waals surface area contributed by atoms with Crippen molar-refractivity contribution in [2.75, 3.05) is 0 Å². The zero-order chi connectivity index (χ0) is 20.9. The van der Waals surface area contributed by atoms with Crippen molar-refractivity contribution >= 4 is 23.2 Å². The lowest BCUT2D eigenvalue weighted by Crippen LogP contribution is -2.22. The van der Waals surface area contributed by atoms with E-state index in [1.807, 2.05) is 26.8 Å². The Balaban J connectivity index is 2.01. The Hall–Kier alpha value is -2.94. The van der Waals surface area contributed by atoms with Crippen molar-refractivity contribution in [1.82, 2.24) is 10.2 Å². The summed E-state index contributed by atoms with van der Waals surface area (Å²) in [6.07, 6.45) is 0. The second-order valence-electron chi connectivity index (χ2n) is 7.18. The van der Waals surface area contributed by atoms with Crippen molar-refractivity contribution in [2.45, 2.75) is 26.7 Å². The highest BCUT2D eigenvalue weighted by atomic mass is 35.5. The smallest absolute Gasteiger partial charge is 0.244 e. The molecule has 1 aromatic heterocycles. The molecule has 7 heteroatoms. The Morgan fingerprint density at radius 2 is 1.76 bits per heavy atom. The third-order valence-corrected chi connectivity index (χ3v) is 5.91. The standard InChI is InChI=1S/C22H18Cl2N4O/c1-10-6-11(2)17(12(3)7-10)18-14(9-25)21(26)29-22-19(18)20(27-28-22)13-4-5-15(23)16(24)8-13/h4-8,18H,26H2,1-3H3,(H,27,28). The van der Waals surface area contributed by atoms with Crippen LogP contribution in [0.25, 0.3) is 11.3 Å². The van der Waals surface area contributed by atoms with Gasteiger partial charge in [0.1, 0.15) is 11.6 Å². The van der Waals surface area contributed by atoms with Gasteiger partial charge in [-0.3, -0.25) is 5.10 Å². The van der Waals surface area contributed by atoms with Crippen molar-refractivity contribution in [1.29, 1.82) is 5.26 Å². The quantitative estimate of drug-likeness (QED) is 0.565. The number of fused-ring (bicyclic) bond motifs is 1. The van der Waals surface area contributed by atoms with Crippen LogP contribution >= 0.6 is 23.2 Å². The van der Waals surface area contributed by atoms with Crippen molar-refractivity contribution in [3.63, 3.8) is 0 Å². The van der Waals surface area contributed by atoms with Gasteiger partial charge >= 0.3 is 0 Å². The fraction of sp³-hybridized carbons (Fsp3) is 0.182. The normalized spacial score (nSPS) is 15.7. The molecule has 0 saturated heterocycles. The summed E-state index contributed by atoms with van der Waals surface area (Å²) in [5.74, 6) is 0.0102. The highest BCUT2D eigenvalue weighted by Gasteiger charge is 2.37. The molecule has 1 aliphatic heterocycles. The molecule has 3 N–H and O–H groups in total. The number of rotatable bonds is 2. The zero-order valence-electron chi connectivity index (χ0n) is 16.1. The van der Waals surface area contributed by atoms with Gasteiger partial charge in [-0.05, 0) is 49.6 Å². The summed E-state index contributed by atoms with van der Waals surface area (Å²) in [6, 6.07) is 11.8. The summed E-state index contributed by atoms with van der Waals surface area (Å²) in [6.45, 7) is 6.12. The Bertz CT molecular complexity index is 1200. The largest absolute Gasteiger partial charge is 0.420 e. The molecule has 0 bridgehead atoms. The summed E-state index contributed by atoms with van der Waals surface area (Å²) >= 11 is 12.3. The number of nitrogens with zero attached hydrogens (tertiary/aromatic N) is 2. The maximum atomic E-state index is 9.90. The molecule has 0 saturated carbocycles. The summed E-state index contributed by atoms with van der Waals surface area (Å²) in [4.78, 5) is 0. The van der Waals surface area contributed by atoms with Crippen molar-refractivity contribution in [3.8, 4) is 23.2 Å². The number of nitrogens with two attached hydrogens (primary N) is 1. The fourth-order valence-electron chi connectivity index (χ4n) is 4.05. The number of ether oxygens (including phenoxy) is 1. The molecule has 0 spiro atoms. The number of hydrogen-bond donors (Lipinski definition) is 2.